The van der Waals surface area contributed by atoms with Gasteiger partial charge in [0.25, 0.3) is 0 Å². The van der Waals surface area contributed by atoms with E-state index in [1.54, 1.807) is 24.3 Å². The molecule has 92 valence electrons. The Balaban J connectivity index is 2.66. The van der Waals surface area contributed by atoms with Crippen molar-refractivity contribution in [1.82, 2.24) is 0 Å². The molecule has 0 heterocycles. The smallest absolute Gasteiger partial charge is 0.124 e. The highest BCUT2D eigenvalue weighted by Crippen LogP contribution is 2.12. The summed E-state index contributed by atoms with van der Waals surface area (Å²) < 4.78 is 0. The second-order valence-electron chi connectivity index (χ2n) is 3.86. The lowest BCUT2D eigenvalue weighted by Gasteiger charge is -2.09. The molecule has 4 heteroatoms. The number of benzene rings is 1. The van der Waals surface area contributed by atoms with Gasteiger partial charge in [-0.25, -0.2) is 0 Å². The van der Waals surface area contributed by atoms with Gasteiger partial charge in [0.2, 0.25) is 0 Å². The number of aliphatic hydroxyl groups excluding tert-OH is 3. The van der Waals surface area contributed by atoms with Gasteiger partial charge in [0.1, 0.15) is 5.76 Å². The fourth-order valence-corrected chi connectivity index (χ4v) is 1.41. The fraction of sp³-hybridized carbons (Fsp3) is 0.308. The third-order valence-electron chi connectivity index (χ3n) is 2.41. The number of nitrogens with one attached hydrogen (secondary N) is 1. The molecule has 0 amide bonds. The molecule has 0 spiro atoms. The van der Waals surface area contributed by atoms with Crippen molar-refractivity contribution in [3.63, 3.8) is 0 Å². The Kier molecular flexibility index (Phi) is 5.39. The molecule has 1 aromatic rings. The average molecular weight is 235 g/mol. The lowest BCUT2D eigenvalue weighted by Crippen LogP contribution is -2.14. The van der Waals surface area contributed by atoms with E-state index in [2.05, 4.69) is 0 Å². The van der Waals surface area contributed by atoms with Crippen LogP contribution in [0.2, 0.25) is 0 Å². The number of hydrogen-bond acceptors (Lipinski definition) is 4. The molecule has 0 saturated carbocycles. The van der Waals surface area contributed by atoms with Gasteiger partial charge in [0.05, 0.1) is 0 Å². The van der Waals surface area contributed by atoms with Crippen LogP contribution in [-0.2, 0) is 0 Å². The molecule has 0 radical (unpaired) electrons. The van der Waals surface area contributed by atoms with Crippen molar-refractivity contribution in [2.24, 2.45) is 5.92 Å². The van der Waals surface area contributed by atoms with Crippen LogP contribution >= 0.6 is 0 Å². The van der Waals surface area contributed by atoms with Gasteiger partial charge in [-0.05, 0) is 6.42 Å². The van der Waals surface area contributed by atoms with Crippen LogP contribution < -0.4 is 0 Å². The van der Waals surface area contributed by atoms with Gasteiger partial charge in [-0.15, -0.1) is 0 Å². The summed E-state index contributed by atoms with van der Waals surface area (Å²) in [5.74, 6) is -0.326. The summed E-state index contributed by atoms with van der Waals surface area (Å²) in [6.07, 6.45) is 1.58. The molecule has 0 aliphatic rings. The summed E-state index contributed by atoms with van der Waals surface area (Å²) in [5, 5.41) is 35.2. The van der Waals surface area contributed by atoms with Crippen LogP contribution in [0.5, 0.6) is 0 Å². The molecule has 0 unspecified atom stereocenters. The van der Waals surface area contributed by atoms with E-state index >= 15 is 0 Å². The molecular weight excluding hydrogens is 218 g/mol. The molecule has 0 saturated heterocycles. The van der Waals surface area contributed by atoms with Crippen molar-refractivity contribution in [1.29, 1.82) is 5.41 Å². The normalized spacial score (nSPS) is 11.8. The van der Waals surface area contributed by atoms with Gasteiger partial charge in [-0.1, -0.05) is 30.3 Å². The molecule has 4 N–H and O–H groups in total. The molecule has 4 nitrogen and oxygen atoms in total. The molecule has 0 aromatic heterocycles. The Morgan fingerprint density at radius 1 is 1.18 bits per heavy atom. The maximum absolute atomic E-state index is 9.74. The summed E-state index contributed by atoms with van der Waals surface area (Å²) in [4.78, 5) is 0. The first-order chi connectivity index (χ1) is 8.17. The fourth-order valence-electron chi connectivity index (χ4n) is 1.41. The van der Waals surface area contributed by atoms with Gasteiger partial charge in [0.15, 0.2) is 0 Å². The van der Waals surface area contributed by atoms with Gasteiger partial charge in [0, 0.05) is 36.5 Å². The minimum atomic E-state index is -0.345. The minimum Gasteiger partial charge on any atom is -0.507 e. The minimum absolute atomic E-state index is 0.0187. The zero-order chi connectivity index (χ0) is 12.7. The highest BCUT2D eigenvalue weighted by molar-refractivity contribution is 5.97. The standard InChI is InChI=1S/C13H17NO3/c14-12(6-10(8-15)9-16)7-13(17)11-4-2-1-3-5-11/h1-5,7,10,14-17H,6,8-9H2/b13-7-,14-12?. The van der Waals surface area contributed by atoms with Crippen LogP contribution in [0, 0.1) is 11.3 Å². The topological polar surface area (TPSA) is 84.5 Å². The summed E-state index contributed by atoms with van der Waals surface area (Å²) in [5.41, 5.74) is 0.821. The van der Waals surface area contributed by atoms with Gasteiger partial charge >= 0.3 is 0 Å². The molecule has 1 aromatic carbocycles. The molecule has 0 fully saturated rings. The zero-order valence-corrected chi connectivity index (χ0v) is 9.50. The monoisotopic (exact) mass is 235 g/mol. The van der Waals surface area contributed by atoms with Crippen LogP contribution in [0.1, 0.15) is 12.0 Å². The zero-order valence-electron chi connectivity index (χ0n) is 9.50. The van der Waals surface area contributed by atoms with Crippen LogP contribution in [0.3, 0.4) is 0 Å². The quantitative estimate of drug-likeness (QED) is 0.446. The van der Waals surface area contributed by atoms with E-state index in [1.165, 1.54) is 6.08 Å². The maximum Gasteiger partial charge on any atom is 0.124 e. The van der Waals surface area contributed by atoms with E-state index in [4.69, 9.17) is 15.6 Å². The first-order valence-corrected chi connectivity index (χ1v) is 5.42. The number of aliphatic hydroxyl groups is 3. The Labute approximate surface area is 100 Å². The van der Waals surface area contributed by atoms with Crippen LogP contribution in [-0.4, -0.2) is 34.2 Å². The van der Waals surface area contributed by atoms with Crippen molar-refractivity contribution in [2.75, 3.05) is 13.2 Å². The first-order valence-electron chi connectivity index (χ1n) is 5.42. The van der Waals surface area contributed by atoms with Crippen LogP contribution in [0.15, 0.2) is 36.4 Å². The predicted molar refractivity (Wildman–Crippen MR) is 67.1 cm³/mol. The SMILES string of the molecule is N=C(/C=C(\O)c1ccccc1)CC(CO)CO. The van der Waals surface area contributed by atoms with Crippen molar-refractivity contribution in [2.45, 2.75) is 6.42 Å². The molecule has 0 aliphatic heterocycles. The molecular formula is C13H17NO3. The van der Waals surface area contributed by atoms with E-state index in [-0.39, 0.29) is 37.0 Å². The maximum atomic E-state index is 9.74. The van der Waals surface area contributed by atoms with Gasteiger partial charge < -0.3 is 20.7 Å². The summed E-state index contributed by atoms with van der Waals surface area (Å²) in [6, 6.07) is 8.93. The Morgan fingerprint density at radius 2 is 1.76 bits per heavy atom. The largest absolute Gasteiger partial charge is 0.507 e. The summed E-state index contributed by atoms with van der Waals surface area (Å²) in [6.45, 7) is -0.336. The summed E-state index contributed by atoms with van der Waals surface area (Å²) >= 11 is 0. The highest BCUT2D eigenvalue weighted by Gasteiger charge is 2.09. The Hall–Kier alpha value is -1.65. The lowest BCUT2D eigenvalue weighted by atomic mass is 10.0. The van der Waals surface area contributed by atoms with Crippen molar-refractivity contribution in [3.8, 4) is 0 Å². The van der Waals surface area contributed by atoms with Gasteiger partial charge in [-0.2, -0.15) is 0 Å². The number of rotatable bonds is 6. The third kappa shape index (κ3) is 4.38. The van der Waals surface area contributed by atoms with Crippen molar-refractivity contribution in [3.05, 3.63) is 42.0 Å². The summed E-state index contributed by atoms with van der Waals surface area (Å²) in [7, 11) is 0. The molecule has 1 rings (SSSR count). The molecule has 0 atom stereocenters. The predicted octanol–water partition coefficient (Wildman–Crippen LogP) is 1.60. The Bertz CT molecular complexity index is 383. The second kappa shape index (κ2) is 6.83. The number of allylic oxidation sites excluding steroid dienone is 1. The van der Waals surface area contributed by atoms with E-state index in [0.29, 0.717) is 5.56 Å². The van der Waals surface area contributed by atoms with E-state index < -0.39 is 0 Å². The molecule has 17 heavy (non-hydrogen) atoms. The average Bonchev–Trinajstić information content (AvgIpc) is 2.37. The van der Waals surface area contributed by atoms with Crippen molar-refractivity contribution < 1.29 is 15.3 Å². The third-order valence-corrected chi connectivity index (χ3v) is 2.41. The van der Waals surface area contributed by atoms with Crippen LogP contribution in [0.4, 0.5) is 0 Å². The second-order valence-corrected chi connectivity index (χ2v) is 3.86. The van der Waals surface area contributed by atoms with E-state index in [1.807, 2.05) is 6.07 Å². The lowest BCUT2D eigenvalue weighted by molar-refractivity contribution is 0.154. The number of hydrogen-bond donors (Lipinski definition) is 4. The van der Waals surface area contributed by atoms with E-state index in [0.717, 1.165) is 0 Å². The molecule has 0 bridgehead atoms. The van der Waals surface area contributed by atoms with E-state index in [9.17, 15) is 5.11 Å². The molecule has 0 aliphatic carbocycles. The highest BCUT2D eigenvalue weighted by atomic mass is 16.3. The van der Waals surface area contributed by atoms with Gasteiger partial charge in [-0.3, -0.25) is 0 Å². The van der Waals surface area contributed by atoms with Crippen LogP contribution in [0.25, 0.3) is 5.76 Å². The first kappa shape index (κ1) is 13.4. The van der Waals surface area contributed by atoms with Crippen molar-refractivity contribution >= 4 is 11.5 Å². The Morgan fingerprint density at radius 3 is 2.29 bits per heavy atom.